The number of rotatable bonds is 4. The predicted octanol–water partition coefficient (Wildman–Crippen LogP) is 15.3. The summed E-state index contributed by atoms with van der Waals surface area (Å²) in [5, 5.41) is -7.79. The largest absolute Gasteiger partial charge is 0.0636 e. The number of hydrogen-bond acceptors (Lipinski definition) is 0. The van der Waals surface area contributed by atoms with Gasteiger partial charge in [-0.2, -0.15) is 0 Å². The molecule has 0 heterocycles. The highest BCUT2D eigenvalue weighted by Crippen LogP contribution is 2.47. The van der Waals surface area contributed by atoms with Crippen LogP contribution in [0.5, 0.6) is 0 Å². The molecule has 0 saturated heterocycles. The summed E-state index contributed by atoms with van der Waals surface area (Å²) in [5.41, 5.74) is -7.39. The van der Waals surface area contributed by atoms with E-state index in [1.807, 2.05) is 0 Å². The molecule has 0 aliphatic carbocycles. The van der Waals surface area contributed by atoms with Crippen molar-refractivity contribution in [1.82, 2.24) is 0 Å². The molecule has 0 aromatic heterocycles. The second-order valence-electron chi connectivity index (χ2n) is 12.2. The van der Waals surface area contributed by atoms with Gasteiger partial charge in [0.2, 0.25) is 0 Å². The maximum atomic E-state index is 10.3. The van der Waals surface area contributed by atoms with Crippen molar-refractivity contribution >= 4 is 75.4 Å². The molecule has 54 heavy (non-hydrogen) atoms. The molecule has 12 aromatic carbocycles. The van der Waals surface area contributed by atoms with E-state index >= 15 is 0 Å². The summed E-state index contributed by atoms with van der Waals surface area (Å²) in [5.74, 6) is 0. The monoisotopic (exact) mass is 712 g/mol. The summed E-state index contributed by atoms with van der Waals surface area (Å²) in [6.45, 7) is 0. The molecule has 0 radical (unpaired) electrons. The predicted molar refractivity (Wildman–Crippen MR) is 233 cm³/mol. The summed E-state index contributed by atoms with van der Waals surface area (Å²) in [7, 11) is 0. The number of benzene rings is 12. The van der Waals surface area contributed by atoms with E-state index in [9.17, 15) is 20.6 Å². The first-order valence-electron chi connectivity index (χ1n) is 32.2. The molecule has 0 fully saturated rings. The van der Waals surface area contributed by atoms with Crippen molar-refractivity contribution in [1.29, 1.82) is 0 Å². The van der Waals surface area contributed by atoms with E-state index in [4.69, 9.17) is 23.3 Å². The van der Waals surface area contributed by atoms with Gasteiger partial charge in [-0.15, -0.1) is 0 Å². The second kappa shape index (κ2) is 11.2. The zero-order valence-electron chi connectivity index (χ0n) is 59.0. The van der Waals surface area contributed by atoms with Crippen molar-refractivity contribution in [3.8, 4) is 44.5 Å². The van der Waals surface area contributed by atoms with Gasteiger partial charge in [0.05, 0.1) is 43.9 Å². The van der Waals surface area contributed by atoms with E-state index in [2.05, 4.69) is 0 Å². The summed E-state index contributed by atoms with van der Waals surface area (Å²) < 4.78 is 296. The van der Waals surface area contributed by atoms with E-state index in [1.54, 1.807) is 0 Å². The smallest absolute Gasteiger partial charge is 0.0622 e. The fourth-order valence-electron chi connectivity index (χ4n) is 7.09. The molecule has 0 atom stereocenters. The lowest BCUT2D eigenvalue weighted by Gasteiger charge is -2.20. The van der Waals surface area contributed by atoms with Crippen LogP contribution in [0, 0.1) is 0 Å². The van der Waals surface area contributed by atoms with Crippen molar-refractivity contribution in [2.75, 3.05) is 0 Å². The van der Waals surface area contributed by atoms with Gasteiger partial charge in [-0.05, 0) is 126 Å². The van der Waals surface area contributed by atoms with Gasteiger partial charge < -0.3 is 0 Å². The normalized spacial score (nSPS) is 20.4. The van der Waals surface area contributed by atoms with E-state index in [0.717, 1.165) is 0 Å². The van der Waals surface area contributed by atoms with E-state index in [1.165, 1.54) is 0 Å². The fourth-order valence-corrected chi connectivity index (χ4v) is 7.09. The van der Waals surface area contributed by atoms with Gasteiger partial charge >= 0.3 is 0 Å². The summed E-state index contributed by atoms with van der Waals surface area (Å²) in [4.78, 5) is 0. The van der Waals surface area contributed by atoms with Gasteiger partial charge in [0, 0.05) is 0 Å². The number of fused-ring (bicyclic) bond motifs is 1. The molecule has 0 bridgehead atoms. The highest BCUT2D eigenvalue weighted by molar-refractivity contribution is 6.28. The summed E-state index contributed by atoms with van der Waals surface area (Å²) in [6.07, 6.45) is 0. The van der Waals surface area contributed by atoms with Gasteiger partial charge in [-0.3, -0.25) is 0 Å². The zero-order valence-corrected chi connectivity index (χ0v) is 27.0. The van der Waals surface area contributed by atoms with E-state index in [0.29, 0.717) is 0 Å². The molecular weight excluding hydrogens is 649 g/mol. The Kier molecular flexibility index (Phi) is 2.55. The van der Waals surface area contributed by atoms with Crippen molar-refractivity contribution in [2.24, 2.45) is 0 Å². The molecule has 0 amide bonds. The van der Waals surface area contributed by atoms with Crippen molar-refractivity contribution in [3.63, 3.8) is 0 Å². The lowest BCUT2D eigenvalue weighted by atomic mass is 9.83. The fraction of sp³-hybridized carbons (Fsp3) is 0. The Labute approximate surface area is 357 Å². The molecule has 0 N–H and O–H groups in total. The van der Waals surface area contributed by atoms with Gasteiger partial charge in [-0.1, -0.05) is 187 Å². The van der Waals surface area contributed by atoms with Crippen molar-refractivity contribution < 1.29 is 43.9 Å². The third kappa shape index (κ3) is 4.20. The van der Waals surface area contributed by atoms with Crippen LogP contribution < -0.4 is 0 Å². The summed E-state index contributed by atoms with van der Waals surface area (Å²) >= 11 is 0. The third-order valence-corrected chi connectivity index (χ3v) is 9.44. The van der Waals surface area contributed by atoms with Crippen LogP contribution in [-0.4, -0.2) is 0 Å². The first kappa shape index (κ1) is 12.3. The molecule has 12 aromatic rings. The Morgan fingerprint density at radius 3 is 1.17 bits per heavy atom. The lowest BCUT2D eigenvalue weighted by molar-refractivity contribution is 1.59. The van der Waals surface area contributed by atoms with Crippen LogP contribution in [-0.2, 0) is 0 Å². The minimum atomic E-state index is -1.24. The molecule has 0 nitrogen and oxygen atoms in total. The van der Waals surface area contributed by atoms with Crippen LogP contribution in [0.3, 0.4) is 0 Å². The molecule has 0 aliphatic heterocycles. The van der Waals surface area contributed by atoms with E-state index in [-0.39, 0.29) is 5.39 Å². The van der Waals surface area contributed by atoms with Gasteiger partial charge in [0.25, 0.3) is 0 Å². The van der Waals surface area contributed by atoms with Crippen LogP contribution in [0.1, 0.15) is 43.9 Å². The van der Waals surface area contributed by atoms with Gasteiger partial charge in [-0.25, -0.2) is 0 Å². The third-order valence-electron chi connectivity index (χ3n) is 9.44. The zero-order chi connectivity index (χ0) is 63.2. The Hall–Kier alpha value is -7.02. The van der Waals surface area contributed by atoms with Crippen molar-refractivity contribution in [3.05, 3.63) is 193 Å². The SMILES string of the molecule is [2H]c1c([2H])c([2H])c(-c2c([2H])c([2H])c(-c3c([2H])c([2H])c4c([2H])c([2H])c5c([2H])c([2H])c([2H])c6c([2H])c([2H])c3c4c56)c(-c3c([2H])c([2H])c(-c4c([2H])c([2H])c5c([2H])c([2H])c6c([2H])c([2H])c([2H])c7c([2H])c([2H])c4c5c67)c4c([2H])c([2H])c([2H])c([2H])c34)c2[2H])c([2H])c1[2H]. The summed E-state index contributed by atoms with van der Waals surface area (Å²) in [6, 6.07) is -31.0. The maximum absolute atomic E-state index is 10.3. The highest BCUT2D eigenvalue weighted by Gasteiger charge is 2.19. The Bertz CT molecular complexity index is 5220. The average Bonchev–Trinajstić information content (AvgIpc) is 0.693. The average molecular weight is 713 g/mol. The molecule has 0 spiro atoms. The Morgan fingerprint density at radius 1 is 0.222 bits per heavy atom. The van der Waals surface area contributed by atoms with Gasteiger partial charge in [0.15, 0.2) is 0 Å². The molecule has 0 heteroatoms. The van der Waals surface area contributed by atoms with Crippen LogP contribution in [0.2, 0.25) is 0 Å². The molecule has 12 rings (SSSR count). The topological polar surface area (TPSA) is 0 Å². The molecular formula is C54H32. The standard InChI is InChI=1S/C54H32/c1-2-8-33(9-3-1)40-24-27-46(45-26-21-39-19-17-35-11-7-13-37-23-29-49(45)54(39)52(35)37)50(32-40)47-31-30-43(41-14-4-5-15-42(41)47)44-25-20-38-18-16-34-10-6-12-36-22-28-48(44)53(38)51(34)36/h1-32H/i1D,2D,3D,4D,5D,6D,7D,8D,9D,10D,11D,12D,13D,14D,15D,16D,17D,18D,19D,20D,21D,22D,23D,24D,25D,26D,27D,28D,29D,30D,31D,32D. The first-order chi connectivity index (χ1) is 40.1. The van der Waals surface area contributed by atoms with Gasteiger partial charge in [0.1, 0.15) is 0 Å². The Morgan fingerprint density at radius 2 is 0.611 bits per heavy atom. The first-order valence-corrected chi connectivity index (χ1v) is 16.2. The second-order valence-corrected chi connectivity index (χ2v) is 12.2. The van der Waals surface area contributed by atoms with Crippen LogP contribution >= 0.6 is 0 Å². The molecule has 0 saturated carbocycles. The van der Waals surface area contributed by atoms with Crippen LogP contribution in [0.25, 0.3) is 120 Å². The Balaban J connectivity index is 1.39. The van der Waals surface area contributed by atoms with Crippen molar-refractivity contribution in [2.45, 2.75) is 0 Å². The highest BCUT2D eigenvalue weighted by atomic mass is 14.2. The maximum Gasteiger partial charge on any atom is 0.0636 e. The van der Waals surface area contributed by atoms with E-state index < -0.39 is 308 Å². The van der Waals surface area contributed by atoms with Crippen LogP contribution in [0.15, 0.2) is 193 Å². The molecule has 0 aliphatic rings. The molecule has 0 unspecified atom stereocenters. The molecule has 248 valence electrons. The van der Waals surface area contributed by atoms with Crippen LogP contribution in [0.4, 0.5) is 0 Å². The quantitative estimate of drug-likeness (QED) is 0.159. The minimum Gasteiger partial charge on any atom is -0.0622 e. The lowest BCUT2D eigenvalue weighted by Crippen LogP contribution is -1.93. The minimum absolute atomic E-state index is 0.354. The number of hydrogen-bond donors (Lipinski definition) is 0.